The fraction of sp³-hybridized carbons (Fsp3) is 0.667. The number of carbonyl (C=O) groups is 1. The van der Waals surface area contributed by atoms with Crippen LogP contribution in [0.3, 0.4) is 0 Å². The SMILES string of the molecule is CC(C)=O.[La].[La]. The van der Waals surface area contributed by atoms with Gasteiger partial charge in [-0.2, -0.15) is 0 Å². The largest absolute Gasteiger partial charge is 0.300 e. The number of rotatable bonds is 0. The van der Waals surface area contributed by atoms with Crippen LogP contribution in [0.25, 0.3) is 0 Å². The van der Waals surface area contributed by atoms with E-state index in [1.165, 1.54) is 13.8 Å². The maximum atomic E-state index is 9.44. The Morgan fingerprint density at radius 1 is 1.17 bits per heavy atom. The minimum Gasteiger partial charge on any atom is -0.300 e. The third kappa shape index (κ3) is 36.6. The second kappa shape index (κ2) is 10.1. The molecule has 2 radical (unpaired) electrons. The quantitative estimate of drug-likeness (QED) is 0.633. The van der Waals surface area contributed by atoms with Gasteiger partial charge >= 0.3 is 0 Å². The molecule has 0 aromatic heterocycles. The van der Waals surface area contributed by atoms with Crippen molar-refractivity contribution in [2.24, 2.45) is 0 Å². The van der Waals surface area contributed by atoms with E-state index >= 15 is 0 Å². The average Bonchev–Trinajstić information content (AvgIpc) is 0.811. The Labute approximate surface area is 93.8 Å². The van der Waals surface area contributed by atoms with Crippen molar-refractivity contribution in [3.8, 4) is 0 Å². The van der Waals surface area contributed by atoms with Gasteiger partial charge in [-0.1, -0.05) is 0 Å². The molecular weight excluding hydrogens is 330 g/mol. The van der Waals surface area contributed by atoms with Crippen LogP contribution in [0.4, 0.5) is 0 Å². The standard InChI is InChI=1S/C3H6O.2La/c1-3(2)4;;/h1-2H3;;. The van der Waals surface area contributed by atoms with Gasteiger partial charge in [0.05, 0.1) is 0 Å². The summed E-state index contributed by atoms with van der Waals surface area (Å²) in [7, 11) is 0. The molecule has 0 atom stereocenters. The van der Waals surface area contributed by atoms with Crippen LogP contribution in [-0.2, 0) is 4.79 Å². The first-order valence-corrected chi connectivity index (χ1v) is 1.20. The zero-order chi connectivity index (χ0) is 3.58. The number of hydrogen-bond acceptors (Lipinski definition) is 1. The molecule has 0 heterocycles. The second-order valence-corrected chi connectivity index (χ2v) is 0.908. The molecule has 0 aromatic rings. The Bertz CT molecular complexity index is 31.8. The summed E-state index contributed by atoms with van der Waals surface area (Å²) in [6.45, 7) is 3.06. The van der Waals surface area contributed by atoms with E-state index in [-0.39, 0.29) is 77.0 Å². The van der Waals surface area contributed by atoms with Crippen LogP contribution in [0.15, 0.2) is 0 Å². The van der Waals surface area contributed by atoms with Crippen LogP contribution < -0.4 is 0 Å². The molecule has 0 aliphatic rings. The molecule has 6 heavy (non-hydrogen) atoms. The summed E-state index contributed by atoms with van der Waals surface area (Å²) in [4.78, 5) is 9.44. The van der Waals surface area contributed by atoms with E-state index in [0.29, 0.717) is 0 Å². The van der Waals surface area contributed by atoms with Crippen molar-refractivity contribution in [3.63, 3.8) is 0 Å². The first-order valence-electron chi connectivity index (χ1n) is 1.20. The summed E-state index contributed by atoms with van der Waals surface area (Å²) in [6.07, 6.45) is 0. The number of carbonyl (C=O) groups excluding carboxylic acids is 1. The van der Waals surface area contributed by atoms with Crippen molar-refractivity contribution in [3.05, 3.63) is 0 Å². The molecule has 0 saturated carbocycles. The van der Waals surface area contributed by atoms with Crippen LogP contribution in [0, 0.1) is 71.2 Å². The van der Waals surface area contributed by atoms with E-state index in [1.807, 2.05) is 0 Å². The van der Waals surface area contributed by atoms with Crippen LogP contribution in [-0.4, -0.2) is 5.78 Å². The molecule has 0 N–H and O–H groups in total. The Kier molecular flexibility index (Phi) is 26.5. The molecule has 30 valence electrons. The molecule has 1 nitrogen and oxygen atoms in total. The number of hydrogen-bond donors (Lipinski definition) is 0. The van der Waals surface area contributed by atoms with Gasteiger partial charge in [0.25, 0.3) is 0 Å². The first-order chi connectivity index (χ1) is 1.73. The predicted octanol–water partition coefficient (Wildman–Crippen LogP) is 0.595. The van der Waals surface area contributed by atoms with Crippen LogP contribution in [0.5, 0.6) is 0 Å². The van der Waals surface area contributed by atoms with Gasteiger partial charge in [-0.05, 0) is 13.8 Å². The average molecular weight is 336 g/mol. The zero-order valence-electron chi connectivity index (χ0n) is 4.06. The first kappa shape index (κ1) is 15.7. The van der Waals surface area contributed by atoms with E-state index in [4.69, 9.17) is 0 Å². The van der Waals surface area contributed by atoms with Crippen molar-refractivity contribution in [2.45, 2.75) is 13.8 Å². The number of Topliss-reactive ketones (excluding diaryl/α,β-unsaturated/α-hetero) is 1. The Morgan fingerprint density at radius 3 is 1.17 bits per heavy atom. The normalized spacial score (nSPS) is 4.33. The third-order valence-corrected chi connectivity index (χ3v) is 0. The predicted molar refractivity (Wildman–Crippen MR) is 16.4 cm³/mol. The maximum absolute atomic E-state index is 9.44. The minimum absolute atomic E-state index is 0. The van der Waals surface area contributed by atoms with Crippen molar-refractivity contribution < 1.29 is 76.0 Å². The van der Waals surface area contributed by atoms with E-state index in [2.05, 4.69) is 0 Å². The molecule has 0 saturated heterocycles. The van der Waals surface area contributed by atoms with Gasteiger partial charge in [-0.25, -0.2) is 0 Å². The molecule has 0 unspecified atom stereocenters. The van der Waals surface area contributed by atoms with Crippen molar-refractivity contribution in [1.29, 1.82) is 0 Å². The monoisotopic (exact) mass is 336 g/mol. The molecule has 0 amide bonds. The molecule has 0 aliphatic heterocycles. The van der Waals surface area contributed by atoms with Gasteiger partial charge in [0, 0.05) is 71.2 Å². The Morgan fingerprint density at radius 2 is 1.17 bits per heavy atom. The minimum atomic E-state index is 0. The van der Waals surface area contributed by atoms with Crippen LogP contribution in [0.1, 0.15) is 13.8 Å². The summed E-state index contributed by atoms with van der Waals surface area (Å²) in [5, 5.41) is 0. The smallest absolute Gasteiger partial charge is 0.126 e. The molecule has 0 aromatic carbocycles. The second-order valence-electron chi connectivity index (χ2n) is 0.908. The Balaban J connectivity index is -0.0000000450. The molecule has 0 aliphatic carbocycles. The van der Waals surface area contributed by atoms with E-state index in [9.17, 15) is 4.79 Å². The molecule has 0 fully saturated rings. The molecule has 0 rings (SSSR count). The third-order valence-electron chi connectivity index (χ3n) is 0. The summed E-state index contributed by atoms with van der Waals surface area (Å²) in [6, 6.07) is 0. The Hall–Kier alpha value is 2.06. The van der Waals surface area contributed by atoms with E-state index in [0.717, 1.165) is 0 Å². The summed E-state index contributed by atoms with van der Waals surface area (Å²) < 4.78 is 0. The fourth-order valence-corrected chi connectivity index (χ4v) is 0. The van der Waals surface area contributed by atoms with Crippen molar-refractivity contribution in [1.82, 2.24) is 0 Å². The van der Waals surface area contributed by atoms with E-state index < -0.39 is 0 Å². The summed E-state index contributed by atoms with van der Waals surface area (Å²) in [5.41, 5.74) is 0. The van der Waals surface area contributed by atoms with Gasteiger partial charge in [-0.3, -0.25) is 0 Å². The van der Waals surface area contributed by atoms with Gasteiger partial charge in [0.2, 0.25) is 0 Å². The maximum Gasteiger partial charge on any atom is 0.126 e. The molecule has 0 spiro atoms. The molecular formula is C3H6La2O. The van der Waals surface area contributed by atoms with Gasteiger partial charge < -0.3 is 4.79 Å². The van der Waals surface area contributed by atoms with Crippen LogP contribution in [0.2, 0.25) is 0 Å². The fourth-order valence-electron chi connectivity index (χ4n) is 0. The van der Waals surface area contributed by atoms with Crippen molar-refractivity contribution >= 4 is 5.78 Å². The van der Waals surface area contributed by atoms with Gasteiger partial charge in [0.1, 0.15) is 5.78 Å². The van der Waals surface area contributed by atoms with Crippen molar-refractivity contribution in [2.75, 3.05) is 0 Å². The van der Waals surface area contributed by atoms with Crippen LogP contribution >= 0.6 is 0 Å². The van der Waals surface area contributed by atoms with Gasteiger partial charge in [0.15, 0.2) is 0 Å². The summed E-state index contributed by atoms with van der Waals surface area (Å²) in [5.74, 6) is 0.167. The molecule has 0 bridgehead atoms. The zero-order valence-corrected chi connectivity index (χ0v) is 11.3. The number of ketones is 1. The summed E-state index contributed by atoms with van der Waals surface area (Å²) >= 11 is 0. The van der Waals surface area contributed by atoms with E-state index in [1.54, 1.807) is 0 Å². The molecule has 3 heteroatoms. The topological polar surface area (TPSA) is 17.1 Å². The van der Waals surface area contributed by atoms with Gasteiger partial charge in [-0.15, -0.1) is 0 Å².